The molecule has 2 aromatic rings. The summed E-state index contributed by atoms with van der Waals surface area (Å²) in [5, 5.41) is 5.98. The summed E-state index contributed by atoms with van der Waals surface area (Å²) in [5.41, 5.74) is 0.861. The lowest BCUT2D eigenvalue weighted by molar-refractivity contribution is 1.17. The molecule has 0 aliphatic carbocycles. The van der Waals surface area contributed by atoms with E-state index in [-0.39, 0.29) is 0 Å². The maximum atomic E-state index is 5.99. The van der Waals surface area contributed by atoms with Crippen molar-refractivity contribution < 1.29 is 0 Å². The Morgan fingerprint density at radius 1 is 1.47 bits per heavy atom. The van der Waals surface area contributed by atoms with Gasteiger partial charge in [-0.1, -0.05) is 11.6 Å². The first-order valence-corrected chi connectivity index (χ1v) is 6.37. The van der Waals surface area contributed by atoms with Crippen molar-refractivity contribution in [2.75, 3.05) is 5.32 Å². The van der Waals surface area contributed by atoms with E-state index < -0.39 is 0 Å². The molecule has 1 N–H and O–H groups in total. The van der Waals surface area contributed by atoms with E-state index >= 15 is 0 Å². The van der Waals surface area contributed by atoms with Crippen LogP contribution in [-0.4, -0.2) is 4.98 Å². The normalized spacial score (nSPS) is 10.3. The second-order valence-corrected chi connectivity index (χ2v) is 5.16. The predicted octanol–water partition coefficient (Wildman–Crippen LogP) is 4.17. The molecule has 0 atom stereocenters. The van der Waals surface area contributed by atoms with E-state index in [0.29, 0.717) is 5.02 Å². The molecule has 0 fully saturated rings. The van der Waals surface area contributed by atoms with Crippen LogP contribution in [0, 0.1) is 0 Å². The zero-order valence-corrected chi connectivity index (χ0v) is 10.9. The van der Waals surface area contributed by atoms with Gasteiger partial charge in [0.25, 0.3) is 0 Å². The second-order valence-electron chi connectivity index (χ2n) is 2.90. The minimum Gasteiger partial charge on any atom is -0.378 e. The number of hydrogen-bond acceptors (Lipinski definition) is 3. The Morgan fingerprint density at radius 3 is 3.00 bits per heavy atom. The Bertz CT molecular complexity index is 458. The van der Waals surface area contributed by atoms with Gasteiger partial charge in [0.2, 0.25) is 0 Å². The molecular formula is C10H8BrClN2S. The molecule has 0 aliphatic rings. The van der Waals surface area contributed by atoms with Crippen molar-refractivity contribution in [3.05, 3.63) is 44.3 Å². The van der Waals surface area contributed by atoms with E-state index in [0.717, 1.165) is 16.7 Å². The molecule has 78 valence electrons. The van der Waals surface area contributed by atoms with Gasteiger partial charge in [-0.15, -0.1) is 11.3 Å². The van der Waals surface area contributed by atoms with Crippen LogP contribution in [0.1, 0.15) is 4.88 Å². The molecule has 2 nitrogen and oxygen atoms in total. The fraction of sp³-hybridized carbons (Fsp3) is 0.100. The summed E-state index contributed by atoms with van der Waals surface area (Å²) in [6, 6.07) is 3.81. The molecule has 0 saturated carbocycles. The minimum absolute atomic E-state index is 0.692. The molecule has 0 bridgehead atoms. The molecule has 0 aliphatic heterocycles. The van der Waals surface area contributed by atoms with Gasteiger partial charge in [0.1, 0.15) is 0 Å². The van der Waals surface area contributed by atoms with Gasteiger partial charge in [0.15, 0.2) is 0 Å². The maximum Gasteiger partial charge on any atom is 0.0718 e. The number of anilines is 1. The van der Waals surface area contributed by atoms with Crippen molar-refractivity contribution in [1.82, 2.24) is 4.98 Å². The van der Waals surface area contributed by atoms with Crippen LogP contribution in [0.5, 0.6) is 0 Å². The van der Waals surface area contributed by atoms with Gasteiger partial charge in [0.05, 0.1) is 23.5 Å². The predicted molar refractivity (Wildman–Crippen MR) is 68.6 cm³/mol. The molecular weight excluding hydrogens is 296 g/mol. The Balaban J connectivity index is 2.06. The molecule has 2 aromatic heterocycles. The van der Waals surface area contributed by atoms with Crippen LogP contribution in [0.25, 0.3) is 0 Å². The molecule has 0 unspecified atom stereocenters. The van der Waals surface area contributed by atoms with Crippen LogP contribution in [-0.2, 0) is 6.54 Å². The summed E-state index contributed by atoms with van der Waals surface area (Å²) in [6.45, 7) is 0.754. The highest BCUT2D eigenvalue weighted by Crippen LogP contribution is 2.25. The van der Waals surface area contributed by atoms with E-state index in [9.17, 15) is 0 Å². The van der Waals surface area contributed by atoms with E-state index in [2.05, 4.69) is 26.2 Å². The summed E-state index contributed by atoms with van der Waals surface area (Å²) in [7, 11) is 0. The zero-order chi connectivity index (χ0) is 10.7. The SMILES string of the molecule is Clc1ccncc1NCc1sccc1Br. The van der Waals surface area contributed by atoms with Gasteiger partial charge in [0, 0.05) is 15.5 Å². The van der Waals surface area contributed by atoms with Gasteiger partial charge < -0.3 is 5.32 Å². The summed E-state index contributed by atoms with van der Waals surface area (Å²) in [4.78, 5) is 5.26. The van der Waals surface area contributed by atoms with Crippen LogP contribution < -0.4 is 5.32 Å². The van der Waals surface area contributed by atoms with Crippen LogP contribution in [0.4, 0.5) is 5.69 Å². The third kappa shape index (κ3) is 2.71. The number of rotatable bonds is 3. The smallest absolute Gasteiger partial charge is 0.0718 e. The maximum absolute atomic E-state index is 5.99. The first-order valence-electron chi connectivity index (χ1n) is 4.32. The van der Waals surface area contributed by atoms with Crippen molar-refractivity contribution in [3.63, 3.8) is 0 Å². The summed E-state index contributed by atoms with van der Waals surface area (Å²) in [6.07, 6.45) is 3.40. The molecule has 5 heteroatoms. The van der Waals surface area contributed by atoms with Crippen LogP contribution >= 0.6 is 38.9 Å². The molecule has 0 spiro atoms. The molecule has 15 heavy (non-hydrogen) atoms. The Morgan fingerprint density at radius 2 is 2.33 bits per heavy atom. The standard InChI is InChI=1S/C10H8BrClN2S/c11-7-2-4-15-10(7)6-14-9-5-13-3-1-8(9)12/h1-5,14H,6H2. The zero-order valence-electron chi connectivity index (χ0n) is 7.71. The number of halogens is 2. The molecule has 0 saturated heterocycles. The van der Waals surface area contributed by atoms with Crippen molar-refractivity contribution in [1.29, 1.82) is 0 Å². The number of pyridine rings is 1. The van der Waals surface area contributed by atoms with Crippen molar-refractivity contribution in [2.24, 2.45) is 0 Å². The molecule has 2 rings (SSSR count). The van der Waals surface area contributed by atoms with Crippen molar-refractivity contribution in [2.45, 2.75) is 6.54 Å². The molecule has 2 heterocycles. The first kappa shape index (κ1) is 10.9. The van der Waals surface area contributed by atoms with Gasteiger partial charge in [-0.25, -0.2) is 0 Å². The molecule has 0 radical (unpaired) electrons. The number of thiophene rings is 1. The highest BCUT2D eigenvalue weighted by atomic mass is 79.9. The average Bonchev–Trinajstić information content (AvgIpc) is 2.63. The quantitative estimate of drug-likeness (QED) is 0.920. The average molecular weight is 304 g/mol. The highest BCUT2D eigenvalue weighted by Gasteiger charge is 2.02. The number of aromatic nitrogens is 1. The fourth-order valence-corrected chi connectivity index (χ4v) is 2.74. The highest BCUT2D eigenvalue weighted by molar-refractivity contribution is 9.10. The Labute approximate surface area is 105 Å². The van der Waals surface area contributed by atoms with E-state index in [1.54, 1.807) is 29.8 Å². The minimum atomic E-state index is 0.692. The van der Waals surface area contributed by atoms with Crippen LogP contribution in [0.15, 0.2) is 34.4 Å². The van der Waals surface area contributed by atoms with Gasteiger partial charge in [-0.05, 0) is 33.4 Å². The second kappa shape index (κ2) is 4.96. The molecule has 0 amide bonds. The van der Waals surface area contributed by atoms with Gasteiger partial charge >= 0.3 is 0 Å². The Hall–Kier alpha value is -0.580. The lowest BCUT2D eigenvalue weighted by Gasteiger charge is -2.06. The third-order valence-corrected chi connectivity index (χ3v) is 4.15. The monoisotopic (exact) mass is 302 g/mol. The van der Waals surface area contributed by atoms with Crippen molar-refractivity contribution >= 4 is 44.6 Å². The summed E-state index contributed by atoms with van der Waals surface area (Å²) < 4.78 is 1.13. The van der Waals surface area contributed by atoms with E-state index in [1.165, 1.54) is 4.88 Å². The van der Waals surface area contributed by atoms with Gasteiger partial charge in [-0.3, -0.25) is 4.98 Å². The fourth-order valence-electron chi connectivity index (χ4n) is 1.13. The first-order chi connectivity index (χ1) is 7.27. The largest absolute Gasteiger partial charge is 0.378 e. The van der Waals surface area contributed by atoms with Crippen LogP contribution in [0.3, 0.4) is 0 Å². The van der Waals surface area contributed by atoms with E-state index in [4.69, 9.17) is 11.6 Å². The number of nitrogens with zero attached hydrogens (tertiary/aromatic N) is 1. The topological polar surface area (TPSA) is 24.9 Å². The molecule has 0 aromatic carbocycles. The summed E-state index contributed by atoms with van der Waals surface area (Å²) in [5.74, 6) is 0. The van der Waals surface area contributed by atoms with Gasteiger partial charge in [-0.2, -0.15) is 0 Å². The Kier molecular flexibility index (Phi) is 3.61. The number of hydrogen-bond donors (Lipinski definition) is 1. The number of nitrogens with one attached hydrogen (secondary N) is 1. The van der Waals surface area contributed by atoms with E-state index in [1.807, 2.05) is 11.4 Å². The third-order valence-electron chi connectivity index (χ3n) is 1.90. The summed E-state index contributed by atoms with van der Waals surface area (Å²) >= 11 is 11.2. The van der Waals surface area contributed by atoms with Crippen molar-refractivity contribution in [3.8, 4) is 0 Å². The lowest BCUT2D eigenvalue weighted by Crippen LogP contribution is -1.98. The lowest BCUT2D eigenvalue weighted by atomic mass is 10.4. The van der Waals surface area contributed by atoms with Crippen LogP contribution in [0.2, 0.25) is 5.02 Å².